The molecule has 0 aliphatic carbocycles. The number of halogens is 1. The van der Waals surface area contributed by atoms with Crippen LogP contribution in [0.1, 0.15) is 11.3 Å². The zero-order valence-corrected chi connectivity index (χ0v) is 17.4. The summed E-state index contributed by atoms with van der Waals surface area (Å²) in [5.74, 6) is 0. The maximum absolute atomic E-state index is 11.9. The van der Waals surface area contributed by atoms with Crippen molar-refractivity contribution in [3.63, 3.8) is 0 Å². The molecular formula is C23H15ClN6O. The lowest BCUT2D eigenvalue weighted by atomic mass is 10.1. The standard InChI is InChI=1S/C23H15ClN6O/c1-12-7-15(10-19(24)26-12)21-22(29-23-16(27-21)4-6-20(31)28-23)18-9-14-8-13(11-25)3-5-17(14)30(18)2/h3-10H,1-2H3,(H,28,29,31). The van der Waals surface area contributed by atoms with Crippen molar-refractivity contribution in [3.8, 4) is 28.7 Å². The molecule has 0 aliphatic heterocycles. The molecule has 5 aromatic rings. The number of benzene rings is 1. The minimum absolute atomic E-state index is 0.251. The number of nitrogens with one attached hydrogen (secondary N) is 1. The molecule has 1 N–H and O–H groups in total. The minimum Gasteiger partial charge on any atom is -0.342 e. The number of H-pyrrole nitrogens is 1. The molecule has 5 rings (SSSR count). The minimum atomic E-state index is -0.251. The van der Waals surface area contributed by atoms with Crippen LogP contribution in [0.25, 0.3) is 44.7 Å². The summed E-state index contributed by atoms with van der Waals surface area (Å²) in [5, 5.41) is 10.5. The predicted octanol–water partition coefficient (Wildman–Crippen LogP) is 4.37. The van der Waals surface area contributed by atoms with E-state index in [9.17, 15) is 10.1 Å². The molecule has 0 saturated carbocycles. The summed E-state index contributed by atoms with van der Waals surface area (Å²) in [6.45, 7) is 1.86. The predicted molar refractivity (Wildman–Crippen MR) is 120 cm³/mol. The maximum Gasteiger partial charge on any atom is 0.249 e. The second-order valence-corrected chi connectivity index (χ2v) is 7.66. The number of aromatic amines is 1. The van der Waals surface area contributed by atoms with Crippen LogP contribution in [-0.4, -0.2) is 24.5 Å². The third kappa shape index (κ3) is 3.23. The van der Waals surface area contributed by atoms with Gasteiger partial charge in [-0.2, -0.15) is 5.26 Å². The highest BCUT2D eigenvalue weighted by Gasteiger charge is 2.19. The fourth-order valence-electron chi connectivity index (χ4n) is 3.76. The van der Waals surface area contributed by atoms with Crippen molar-refractivity contribution in [1.29, 1.82) is 5.26 Å². The summed E-state index contributed by atoms with van der Waals surface area (Å²) in [6, 6.07) is 16.4. The summed E-state index contributed by atoms with van der Waals surface area (Å²) >= 11 is 6.22. The fourth-order valence-corrected chi connectivity index (χ4v) is 4.01. The Kier molecular flexibility index (Phi) is 4.31. The molecular weight excluding hydrogens is 412 g/mol. The number of rotatable bonds is 2. The van der Waals surface area contributed by atoms with Crippen LogP contribution in [-0.2, 0) is 7.05 Å². The highest BCUT2D eigenvalue weighted by molar-refractivity contribution is 6.29. The van der Waals surface area contributed by atoms with Gasteiger partial charge in [0.15, 0.2) is 5.65 Å². The number of fused-ring (bicyclic) bond motifs is 2. The molecule has 0 unspecified atom stereocenters. The van der Waals surface area contributed by atoms with Crippen LogP contribution in [0.4, 0.5) is 0 Å². The molecule has 0 bridgehead atoms. The highest BCUT2D eigenvalue weighted by atomic mass is 35.5. The van der Waals surface area contributed by atoms with E-state index in [4.69, 9.17) is 21.6 Å². The lowest BCUT2D eigenvalue weighted by Crippen LogP contribution is -2.07. The maximum atomic E-state index is 11.9. The first kappa shape index (κ1) is 19.0. The number of aryl methyl sites for hydroxylation is 2. The summed E-state index contributed by atoms with van der Waals surface area (Å²) in [5.41, 5.74) is 5.78. The number of hydrogen-bond acceptors (Lipinski definition) is 5. The van der Waals surface area contributed by atoms with E-state index in [0.717, 1.165) is 27.9 Å². The molecule has 0 atom stereocenters. The Morgan fingerprint density at radius 2 is 1.87 bits per heavy atom. The average Bonchev–Trinajstić information content (AvgIpc) is 3.07. The summed E-state index contributed by atoms with van der Waals surface area (Å²) in [6.07, 6.45) is 0. The largest absolute Gasteiger partial charge is 0.342 e. The second-order valence-electron chi connectivity index (χ2n) is 7.27. The van der Waals surface area contributed by atoms with E-state index < -0.39 is 0 Å². The van der Waals surface area contributed by atoms with Gasteiger partial charge < -0.3 is 9.55 Å². The van der Waals surface area contributed by atoms with Crippen molar-refractivity contribution in [2.45, 2.75) is 6.92 Å². The number of aromatic nitrogens is 5. The Labute approximate surface area is 181 Å². The van der Waals surface area contributed by atoms with Crippen molar-refractivity contribution in [1.82, 2.24) is 24.5 Å². The van der Waals surface area contributed by atoms with Gasteiger partial charge in [0, 0.05) is 35.3 Å². The lowest BCUT2D eigenvalue weighted by Gasteiger charge is -2.12. The first-order valence-corrected chi connectivity index (χ1v) is 9.86. The molecule has 7 nitrogen and oxygen atoms in total. The van der Waals surface area contributed by atoms with Crippen LogP contribution in [0.2, 0.25) is 5.15 Å². The van der Waals surface area contributed by atoms with E-state index in [0.29, 0.717) is 33.3 Å². The fraction of sp³-hybridized carbons (Fsp3) is 0.0870. The third-order valence-electron chi connectivity index (χ3n) is 5.17. The van der Waals surface area contributed by atoms with Gasteiger partial charge in [0.25, 0.3) is 0 Å². The van der Waals surface area contributed by atoms with Crippen LogP contribution < -0.4 is 5.56 Å². The smallest absolute Gasteiger partial charge is 0.249 e. The molecule has 0 amide bonds. The van der Waals surface area contributed by atoms with Gasteiger partial charge in [-0.1, -0.05) is 11.6 Å². The van der Waals surface area contributed by atoms with Gasteiger partial charge >= 0.3 is 0 Å². The second kappa shape index (κ2) is 7.04. The Bertz CT molecular complexity index is 1590. The molecule has 4 aromatic heterocycles. The van der Waals surface area contributed by atoms with Crippen LogP contribution in [0.3, 0.4) is 0 Å². The molecule has 8 heteroatoms. The monoisotopic (exact) mass is 426 g/mol. The molecule has 31 heavy (non-hydrogen) atoms. The van der Waals surface area contributed by atoms with Gasteiger partial charge in [-0.25, -0.2) is 15.0 Å². The lowest BCUT2D eigenvalue weighted by molar-refractivity contribution is 0.969. The normalized spacial score (nSPS) is 11.2. The summed E-state index contributed by atoms with van der Waals surface area (Å²) < 4.78 is 1.99. The molecule has 4 heterocycles. The molecule has 150 valence electrons. The highest BCUT2D eigenvalue weighted by Crippen LogP contribution is 2.34. The van der Waals surface area contributed by atoms with Crippen molar-refractivity contribution in [3.05, 3.63) is 75.3 Å². The van der Waals surface area contributed by atoms with Crippen molar-refractivity contribution >= 4 is 33.7 Å². The van der Waals surface area contributed by atoms with Crippen LogP contribution in [0.15, 0.2) is 53.3 Å². The van der Waals surface area contributed by atoms with Gasteiger partial charge in [-0.3, -0.25) is 4.79 Å². The summed E-state index contributed by atoms with van der Waals surface area (Å²) in [7, 11) is 1.93. The zero-order valence-electron chi connectivity index (χ0n) is 16.6. The van der Waals surface area contributed by atoms with Crippen molar-refractivity contribution in [2.75, 3.05) is 0 Å². The first-order chi connectivity index (χ1) is 14.9. The number of hydrogen-bond donors (Lipinski definition) is 1. The molecule has 0 fully saturated rings. The Morgan fingerprint density at radius 3 is 2.65 bits per heavy atom. The molecule has 1 aromatic carbocycles. The van der Waals surface area contributed by atoms with Gasteiger partial charge in [-0.15, -0.1) is 0 Å². The van der Waals surface area contributed by atoms with Gasteiger partial charge in [0.05, 0.1) is 23.0 Å². The van der Waals surface area contributed by atoms with Gasteiger partial charge in [0.1, 0.15) is 16.4 Å². The van der Waals surface area contributed by atoms with Crippen LogP contribution in [0.5, 0.6) is 0 Å². The van der Waals surface area contributed by atoms with E-state index in [2.05, 4.69) is 16.0 Å². The number of nitrogens with zero attached hydrogens (tertiary/aromatic N) is 5. The van der Waals surface area contributed by atoms with Crippen molar-refractivity contribution in [2.24, 2.45) is 7.05 Å². The Hall–Kier alpha value is -4.02. The Balaban J connectivity index is 1.87. The van der Waals surface area contributed by atoms with E-state index in [-0.39, 0.29) is 5.56 Å². The Morgan fingerprint density at radius 1 is 1.03 bits per heavy atom. The van der Waals surface area contributed by atoms with Gasteiger partial charge in [-0.05, 0) is 49.4 Å². The summed E-state index contributed by atoms with van der Waals surface area (Å²) in [4.78, 5) is 28.4. The van der Waals surface area contributed by atoms with E-state index in [1.807, 2.05) is 42.8 Å². The molecule has 0 saturated heterocycles. The van der Waals surface area contributed by atoms with E-state index in [1.54, 1.807) is 18.2 Å². The number of nitriles is 1. The van der Waals surface area contributed by atoms with E-state index in [1.165, 1.54) is 6.07 Å². The first-order valence-electron chi connectivity index (χ1n) is 9.48. The topological polar surface area (TPSA) is 100 Å². The van der Waals surface area contributed by atoms with E-state index >= 15 is 0 Å². The quantitative estimate of drug-likeness (QED) is 0.422. The SMILES string of the molecule is Cc1cc(-c2nc3ccc(=O)[nH]c3nc2-c2cc3cc(C#N)ccc3n2C)cc(Cl)n1. The zero-order chi connectivity index (χ0) is 21.7. The molecule has 0 spiro atoms. The molecule has 0 aliphatic rings. The third-order valence-corrected chi connectivity index (χ3v) is 5.36. The molecule has 0 radical (unpaired) electrons. The number of pyridine rings is 2. The van der Waals surface area contributed by atoms with Crippen molar-refractivity contribution < 1.29 is 0 Å². The van der Waals surface area contributed by atoms with Crippen LogP contribution in [0, 0.1) is 18.3 Å². The van der Waals surface area contributed by atoms with Crippen LogP contribution >= 0.6 is 11.6 Å². The average molecular weight is 427 g/mol. The van der Waals surface area contributed by atoms with Gasteiger partial charge in [0.2, 0.25) is 5.56 Å².